The molecule has 25 heavy (non-hydrogen) atoms. The quantitative estimate of drug-likeness (QED) is 0.758. The highest BCUT2D eigenvalue weighted by molar-refractivity contribution is 7.91. The first kappa shape index (κ1) is 16.5. The average molecular weight is 373 g/mol. The third kappa shape index (κ3) is 2.64. The van der Waals surface area contributed by atoms with Crippen LogP contribution in [0.3, 0.4) is 0 Å². The van der Waals surface area contributed by atoms with Gasteiger partial charge in [-0.15, -0.1) is 0 Å². The molecule has 0 unspecified atom stereocenters. The molecule has 4 nitrogen and oxygen atoms in total. The van der Waals surface area contributed by atoms with Crippen LogP contribution in [0.1, 0.15) is 11.1 Å². The zero-order valence-electron chi connectivity index (χ0n) is 14.2. The van der Waals surface area contributed by atoms with Crippen LogP contribution < -0.4 is 9.80 Å². The van der Waals surface area contributed by atoms with Gasteiger partial charge in [-0.05, 0) is 55.4 Å². The lowest BCUT2D eigenvalue weighted by atomic mass is 10.1. The van der Waals surface area contributed by atoms with E-state index in [1.165, 1.54) is 5.56 Å². The minimum Gasteiger partial charge on any atom is -0.312 e. The molecule has 0 amide bonds. The number of rotatable bonds is 2. The number of para-hydroxylation sites is 1. The van der Waals surface area contributed by atoms with Crippen LogP contribution in [0.4, 0.5) is 11.4 Å². The van der Waals surface area contributed by atoms with E-state index in [9.17, 15) is 8.42 Å². The van der Waals surface area contributed by atoms with Crippen molar-refractivity contribution in [2.24, 2.45) is 0 Å². The number of benzene rings is 2. The molecular weight excluding hydrogens is 352 g/mol. The Balaban J connectivity index is 1.85. The van der Waals surface area contributed by atoms with Crippen LogP contribution in [-0.2, 0) is 9.84 Å². The summed E-state index contributed by atoms with van der Waals surface area (Å²) in [6.45, 7) is 4.13. The van der Waals surface area contributed by atoms with E-state index in [1.54, 1.807) is 0 Å². The molecule has 2 heterocycles. The summed E-state index contributed by atoms with van der Waals surface area (Å²) in [6.07, 6.45) is 0. The van der Waals surface area contributed by atoms with E-state index in [1.807, 2.05) is 47.4 Å². The molecule has 2 aliphatic rings. The number of hydrogen-bond donors (Lipinski definition) is 0. The zero-order chi connectivity index (χ0) is 17.8. The van der Waals surface area contributed by atoms with Crippen molar-refractivity contribution in [2.45, 2.75) is 25.9 Å². The molecule has 0 bridgehead atoms. The van der Waals surface area contributed by atoms with Crippen LogP contribution in [0.2, 0.25) is 0 Å². The molecule has 0 N–H and O–H groups in total. The van der Waals surface area contributed by atoms with Gasteiger partial charge in [-0.1, -0.05) is 30.3 Å². The second-order valence-corrected chi connectivity index (χ2v) is 9.31. The minimum atomic E-state index is -3.08. The Labute approximate surface area is 154 Å². The fourth-order valence-electron chi connectivity index (χ4n) is 3.87. The minimum absolute atomic E-state index is 0.139. The van der Waals surface area contributed by atoms with Crippen molar-refractivity contribution in [1.29, 1.82) is 0 Å². The molecule has 2 atom stereocenters. The van der Waals surface area contributed by atoms with E-state index in [-0.39, 0.29) is 23.6 Å². The first-order valence-corrected chi connectivity index (χ1v) is 10.6. The Hall–Kier alpha value is -1.92. The largest absolute Gasteiger partial charge is 0.312 e. The fourth-order valence-corrected chi connectivity index (χ4v) is 6.27. The molecule has 4 rings (SSSR count). The summed E-state index contributed by atoms with van der Waals surface area (Å²) in [4.78, 5) is 4.08. The number of fused-ring (bicyclic) bond motifs is 1. The number of anilines is 2. The van der Waals surface area contributed by atoms with Crippen LogP contribution in [0, 0.1) is 13.8 Å². The van der Waals surface area contributed by atoms with Gasteiger partial charge in [0.2, 0.25) is 0 Å². The van der Waals surface area contributed by atoms with E-state index < -0.39 is 9.84 Å². The van der Waals surface area contributed by atoms with Gasteiger partial charge in [0.05, 0.1) is 23.6 Å². The first-order chi connectivity index (χ1) is 11.9. The van der Waals surface area contributed by atoms with Crippen LogP contribution in [-0.4, -0.2) is 37.1 Å². The maximum atomic E-state index is 12.4. The lowest BCUT2D eigenvalue weighted by Crippen LogP contribution is -2.38. The molecule has 0 spiro atoms. The monoisotopic (exact) mass is 372 g/mol. The predicted octanol–water partition coefficient (Wildman–Crippen LogP) is 3.08. The summed E-state index contributed by atoms with van der Waals surface area (Å²) in [5.74, 6) is 0.294. The van der Waals surface area contributed by atoms with E-state index in [4.69, 9.17) is 12.2 Å². The zero-order valence-corrected chi connectivity index (χ0v) is 15.8. The van der Waals surface area contributed by atoms with Gasteiger partial charge < -0.3 is 9.80 Å². The Morgan fingerprint density at radius 2 is 1.56 bits per heavy atom. The summed E-state index contributed by atoms with van der Waals surface area (Å²) in [6, 6.07) is 15.7. The highest BCUT2D eigenvalue weighted by atomic mass is 32.2. The number of aryl methyl sites for hydroxylation is 1. The third-order valence-corrected chi connectivity index (χ3v) is 7.33. The van der Waals surface area contributed by atoms with Gasteiger partial charge in [0.15, 0.2) is 14.9 Å². The third-order valence-electron chi connectivity index (χ3n) is 5.24. The topological polar surface area (TPSA) is 40.6 Å². The summed E-state index contributed by atoms with van der Waals surface area (Å²) in [5.41, 5.74) is 4.28. The van der Waals surface area contributed by atoms with E-state index in [2.05, 4.69) is 24.8 Å². The van der Waals surface area contributed by atoms with Gasteiger partial charge in [0.25, 0.3) is 0 Å². The smallest absolute Gasteiger partial charge is 0.181 e. The van der Waals surface area contributed by atoms with Gasteiger partial charge in [-0.2, -0.15) is 0 Å². The van der Waals surface area contributed by atoms with E-state index >= 15 is 0 Å². The van der Waals surface area contributed by atoms with Crippen LogP contribution >= 0.6 is 12.2 Å². The van der Waals surface area contributed by atoms with Crippen molar-refractivity contribution >= 4 is 38.5 Å². The summed E-state index contributed by atoms with van der Waals surface area (Å²) in [7, 11) is -3.08. The highest BCUT2D eigenvalue weighted by Gasteiger charge is 2.52. The van der Waals surface area contributed by atoms with Gasteiger partial charge >= 0.3 is 0 Å². The van der Waals surface area contributed by atoms with Gasteiger partial charge in [-0.3, -0.25) is 0 Å². The standard InChI is InChI=1S/C19H20N2O2S2/c1-13-7-6-10-16(14(13)2)21-18-12-25(22,23)11-17(18)20(19(21)24)15-8-4-3-5-9-15/h3-10,17-18H,11-12H2,1-2H3/t17-,18-/m1/s1. The summed E-state index contributed by atoms with van der Waals surface area (Å²) >= 11 is 5.82. The van der Waals surface area contributed by atoms with Crippen molar-refractivity contribution in [2.75, 3.05) is 21.3 Å². The normalized spacial score (nSPS) is 24.6. The predicted molar refractivity (Wildman–Crippen MR) is 106 cm³/mol. The molecule has 2 saturated heterocycles. The SMILES string of the molecule is Cc1cccc(N2C(=S)N(c3ccccc3)[C@@H]3CS(=O)(=O)C[C@H]32)c1C. The lowest BCUT2D eigenvalue weighted by molar-refractivity contribution is 0.601. The molecule has 0 saturated carbocycles. The number of hydrogen-bond acceptors (Lipinski definition) is 3. The van der Waals surface area contributed by atoms with Crippen molar-refractivity contribution < 1.29 is 8.42 Å². The second-order valence-electron chi connectivity index (χ2n) is 6.79. The Morgan fingerprint density at radius 1 is 0.920 bits per heavy atom. The van der Waals surface area contributed by atoms with Crippen LogP contribution in [0.5, 0.6) is 0 Å². The summed E-state index contributed by atoms with van der Waals surface area (Å²) < 4.78 is 24.7. The van der Waals surface area contributed by atoms with Gasteiger partial charge in [0, 0.05) is 11.4 Å². The molecule has 130 valence electrons. The average Bonchev–Trinajstić information content (AvgIpc) is 3.00. The van der Waals surface area contributed by atoms with E-state index in [0.29, 0.717) is 5.11 Å². The Bertz CT molecular complexity index is 941. The molecule has 2 aromatic carbocycles. The van der Waals surface area contributed by atoms with E-state index in [0.717, 1.165) is 16.9 Å². The van der Waals surface area contributed by atoms with Crippen molar-refractivity contribution in [1.82, 2.24) is 0 Å². The van der Waals surface area contributed by atoms with Crippen LogP contribution in [0.25, 0.3) is 0 Å². The number of sulfone groups is 1. The fraction of sp³-hybridized carbons (Fsp3) is 0.316. The molecule has 2 aliphatic heterocycles. The Morgan fingerprint density at radius 3 is 2.24 bits per heavy atom. The summed E-state index contributed by atoms with van der Waals surface area (Å²) in [5, 5.41) is 0.685. The molecule has 0 radical (unpaired) electrons. The molecule has 6 heteroatoms. The maximum Gasteiger partial charge on any atom is 0.181 e. The van der Waals surface area contributed by atoms with Crippen LogP contribution in [0.15, 0.2) is 48.5 Å². The first-order valence-electron chi connectivity index (χ1n) is 8.33. The second kappa shape index (κ2) is 5.81. The Kier molecular flexibility index (Phi) is 3.85. The van der Waals surface area contributed by atoms with Gasteiger partial charge in [0.1, 0.15) is 0 Å². The van der Waals surface area contributed by atoms with Crippen molar-refractivity contribution in [3.05, 3.63) is 59.7 Å². The lowest BCUT2D eigenvalue weighted by Gasteiger charge is -2.27. The number of thiocarbonyl (C=S) groups is 1. The van der Waals surface area contributed by atoms with Gasteiger partial charge in [-0.25, -0.2) is 8.42 Å². The highest BCUT2D eigenvalue weighted by Crippen LogP contribution is 2.39. The molecular formula is C19H20N2O2S2. The maximum absolute atomic E-state index is 12.4. The molecule has 2 fully saturated rings. The molecule has 0 aliphatic carbocycles. The number of nitrogens with zero attached hydrogens (tertiary/aromatic N) is 2. The molecule has 2 aromatic rings. The van der Waals surface area contributed by atoms with Crippen molar-refractivity contribution in [3.63, 3.8) is 0 Å². The molecule has 0 aromatic heterocycles. The van der Waals surface area contributed by atoms with Crippen molar-refractivity contribution in [3.8, 4) is 0 Å².